The number of carbonyl (C=O) groups excluding carboxylic acids is 4. The lowest BCUT2D eigenvalue weighted by Gasteiger charge is -2.19. The third-order valence-corrected chi connectivity index (χ3v) is 5.32. The topological polar surface area (TPSA) is 105 Å². The first-order chi connectivity index (χ1) is 13.9. The molecule has 1 saturated carbocycles. The Kier molecular flexibility index (Phi) is 6.46. The summed E-state index contributed by atoms with van der Waals surface area (Å²) in [4.78, 5) is 49.9. The number of ether oxygens (including phenoxy) is 1. The summed E-state index contributed by atoms with van der Waals surface area (Å²) in [5, 5.41) is 0. The lowest BCUT2D eigenvalue weighted by Crippen LogP contribution is -2.48. The van der Waals surface area contributed by atoms with E-state index in [0.717, 1.165) is 25.7 Å². The Balaban J connectivity index is 1.41. The summed E-state index contributed by atoms with van der Waals surface area (Å²) in [7, 11) is 0. The molecule has 0 unspecified atom stereocenters. The highest BCUT2D eigenvalue weighted by Gasteiger charge is 2.47. The summed E-state index contributed by atoms with van der Waals surface area (Å²) in [5.74, 6) is -2.11. The number of likely N-dealkylation sites (tertiary alicyclic amines) is 1. The Bertz CT molecular complexity index is 774. The number of fused-ring (bicyclic) bond motifs is 1. The molecule has 3 atom stereocenters. The molecule has 9 heteroatoms. The van der Waals surface area contributed by atoms with E-state index in [1.807, 2.05) is 0 Å². The molecule has 0 spiro atoms. The first-order valence-corrected chi connectivity index (χ1v) is 9.73. The van der Waals surface area contributed by atoms with Crippen LogP contribution in [0, 0.1) is 17.7 Å². The minimum absolute atomic E-state index is 0.00595. The molecule has 1 saturated heterocycles. The monoisotopic (exact) mass is 405 g/mol. The predicted octanol–water partition coefficient (Wildman–Crippen LogP) is 1.31. The maximum absolute atomic E-state index is 12.9. The highest BCUT2D eigenvalue weighted by atomic mass is 19.1. The number of halogens is 1. The highest BCUT2D eigenvalue weighted by molar-refractivity contribution is 6.05. The molecule has 2 fully saturated rings. The number of nitrogens with zero attached hydrogens (tertiary/aromatic N) is 1. The quantitative estimate of drug-likeness (QED) is 0.548. The van der Waals surface area contributed by atoms with Crippen LogP contribution in [0.3, 0.4) is 0 Å². The van der Waals surface area contributed by atoms with Gasteiger partial charge in [-0.05, 0) is 44.0 Å². The van der Waals surface area contributed by atoms with Gasteiger partial charge in [0, 0.05) is 13.0 Å². The number of amides is 4. The second-order valence-corrected chi connectivity index (χ2v) is 7.33. The van der Waals surface area contributed by atoms with Crippen LogP contribution in [0.2, 0.25) is 0 Å². The molecule has 1 aliphatic carbocycles. The van der Waals surface area contributed by atoms with Crippen molar-refractivity contribution in [3.63, 3.8) is 0 Å². The van der Waals surface area contributed by atoms with Crippen LogP contribution in [0.15, 0.2) is 24.3 Å². The minimum atomic E-state index is -0.925. The fraction of sp³-hybridized carbons (Fsp3) is 0.500. The summed E-state index contributed by atoms with van der Waals surface area (Å²) < 4.78 is 18.2. The Morgan fingerprint density at radius 2 is 1.69 bits per heavy atom. The molecule has 156 valence electrons. The zero-order valence-corrected chi connectivity index (χ0v) is 16.2. The second-order valence-electron chi connectivity index (χ2n) is 7.33. The van der Waals surface area contributed by atoms with Crippen LogP contribution in [0.4, 0.5) is 4.39 Å². The van der Waals surface area contributed by atoms with Gasteiger partial charge < -0.3 is 4.74 Å². The van der Waals surface area contributed by atoms with E-state index in [1.165, 1.54) is 36.1 Å². The van der Waals surface area contributed by atoms with Gasteiger partial charge in [-0.3, -0.25) is 34.9 Å². The fourth-order valence-electron chi connectivity index (χ4n) is 3.73. The van der Waals surface area contributed by atoms with Crippen molar-refractivity contribution in [2.45, 2.75) is 45.1 Å². The molecule has 2 N–H and O–H groups in total. The van der Waals surface area contributed by atoms with Crippen molar-refractivity contribution in [2.24, 2.45) is 11.8 Å². The van der Waals surface area contributed by atoms with Crippen LogP contribution >= 0.6 is 0 Å². The molecule has 1 heterocycles. The van der Waals surface area contributed by atoms with Crippen LogP contribution in [0.25, 0.3) is 0 Å². The molecule has 8 nitrogen and oxygen atoms in total. The van der Waals surface area contributed by atoms with E-state index in [-0.39, 0.29) is 36.6 Å². The summed E-state index contributed by atoms with van der Waals surface area (Å²) in [6, 6.07) is 5.19. The number of carbonyl (C=O) groups is 4. The normalized spacial score (nSPS) is 22.1. The number of benzene rings is 1. The van der Waals surface area contributed by atoms with Crippen molar-refractivity contribution in [2.75, 3.05) is 6.54 Å². The van der Waals surface area contributed by atoms with E-state index < -0.39 is 23.7 Å². The smallest absolute Gasteiger partial charge is 0.279 e. The number of rotatable bonds is 6. The molecule has 1 aromatic carbocycles. The molecule has 0 radical (unpaired) electrons. The average molecular weight is 405 g/mol. The van der Waals surface area contributed by atoms with Crippen molar-refractivity contribution >= 4 is 23.6 Å². The van der Waals surface area contributed by atoms with E-state index >= 15 is 0 Å². The van der Waals surface area contributed by atoms with E-state index in [1.54, 1.807) is 0 Å². The Hall–Kier alpha value is -2.97. The SMILES string of the molecule is C[C@@H](Oc1ccc(F)cc1)C(=O)NNC(=O)CCN1C(=O)[C@H]2CCCC[C@H]2C1=O. The summed E-state index contributed by atoms with van der Waals surface area (Å²) in [5.41, 5.74) is 4.48. The van der Waals surface area contributed by atoms with E-state index in [9.17, 15) is 23.6 Å². The Morgan fingerprint density at radius 1 is 1.10 bits per heavy atom. The predicted molar refractivity (Wildman–Crippen MR) is 99.6 cm³/mol. The van der Waals surface area contributed by atoms with Gasteiger partial charge in [0.15, 0.2) is 6.10 Å². The zero-order chi connectivity index (χ0) is 21.0. The number of hydrogen-bond acceptors (Lipinski definition) is 5. The molecule has 0 bridgehead atoms. The first-order valence-electron chi connectivity index (χ1n) is 9.73. The standard InChI is InChI=1S/C20H24FN3O5/c1-12(29-14-8-6-13(21)7-9-14)18(26)23-22-17(25)10-11-24-19(27)15-4-2-3-5-16(15)20(24)28/h6-9,12,15-16H,2-5,10-11H2,1H3,(H,22,25)(H,23,26)/t12-,15-,16+/m1/s1. The summed E-state index contributed by atoms with van der Waals surface area (Å²) >= 11 is 0. The van der Waals surface area contributed by atoms with Crippen molar-refractivity contribution in [3.8, 4) is 5.75 Å². The second kappa shape index (κ2) is 9.02. The van der Waals surface area contributed by atoms with Gasteiger partial charge in [-0.25, -0.2) is 4.39 Å². The lowest BCUT2D eigenvalue weighted by atomic mass is 9.81. The van der Waals surface area contributed by atoms with Crippen molar-refractivity contribution in [1.29, 1.82) is 0 Å². The molecule has 29 heavy (non-hydrogen) atoms. The molecule has 1 aromatic rings. The van der Waals surface area contributed by atoms with E-state index in [4.69, 9.17) is 4.74 Å². The van der Waals surface area contributed by atoms with Gasteiger partial charge in [-0.1, -0.05) is 12.8 Å². The third kappa shape index (κ3) is 4.90. The molecule has 4 amide bonds. The minimum Gasteiger partial charge on any atom is -0.481 e. The Morgan fingerprint density at radius 3 is 2.28 bits per heavy atom. The fourth-order valence-corrected chi connectivity index (χ4v) is 3.73. The van der Waals surface area contributed by atoms with E-state index in [0.29, 0.717) is 5.75 Å². The molecule has 2 aliphatic rings. The van der Waals surface area contributed by atoms with Gasteiger partial charge in [0.2, 0.25) is 17.7 Å². The molecular formula is C20H24FN3O5. The summed E-state index contributed by atoms with van der Waals surface area (Å²) in [6.07, 6.45) is 2.30. The van der Waals surface area contributed by atoms with Gasteiger partial charge in [0.1, 0.15) is 11.6 Å². The lowest BCUT2D eigenvalue weighted by molar-refractivity contribution is -0.140. The largest absolute Gasteiger partial charge is 0.481 e. The van der Waals surface area contributed by atoms with E-state index in [2.05, 4.69) is 10.9 Å². The van der Waals surface area contributed by atoms with Crippen molar-refractivity contribution < 1.29 is 28.3 Å². The number of hydrazine groups is 1. The average Bonchev–Trinajstić information content (AvgIpc) is 2.96. The van der Waals surface area contributed by atoms with Crippen LogP contribution in [-0.2, 0) is 19.2 Å². The highest BCUT2D eigenvalue weighted by Crippen LogP contribution is 2.37. The number of imide groups is 1. The molecular weight excluding hydrogens is 381 g/mol. The maximum Gasteiger partial charge on any atom is 0.279 e. The third-order valence-electron chi connectivity index (χ3n) is 5.32. The summed E-state index contributed by atoms with van der Waals surface area (Å²) in [6.45, 7) is 1.47. The number of nitrogens with one attached hydrogen (secondary N) is 2. The molecule has 1 aliphatic heterocycles. The maximum atomic E-state index is 12.9. The molecule has 3 rings (SSSR count). The first kappa shape index (κ1) is 20.8. The van der Waals surface area contributed by atoms with Gasteiger partial charge in [-0.15, -0.1) is 0 Å². The van der Waals surface area contributed by atoms with Crippen LogP contribution in [0.5, 0.6) is 5.75 Å². The van der Waals surface area contributed by atoms with Gasteiger partial charge in [0.25, 0.3) is 5.91 Å². The number of hydrogen-bond donors (Lipinski definition) is 2. The van der Waals surface area contributed by atoms with Crippen molar-refractivity contribution in [3.05, 3.63) is 30.1 Å². The van der Waals surface area contributed by atoms with Crippen molar-refractivity contribution in [1.82, 2.24) is 15.8 Å². The van der Waals surface area contributed by atoms with Gasteiger partial charge in [-0.2, -0.15) is 0 Å². The van der Waals surface area contributed by atoms with Gasteiger partial charge >= 0.3 is 0 Å². The molecule has 0 aromatic heterocycles. The van der Waals surface area contributed by atoms with Gasteiger partial charge in [0.05, 0.1) is 11.8 Å². The zero-order valence-electron chi connectivity index (χ0n) is 16.2. The van der Waals surface area contributed by atoms with Crippen LogP contribution in [0.1, 0.15) is 39.0 Å². The van der Waals surface area contributed by atoms with Crippen LogP contribution in [-0.4, -0.2) is 41.2 Å². The Labute approximate surface area is 167 Å². The van der Waals surface area contributed by atoms with Crippen LogP contribution < -0.4 is 15.6 Å².